The number of pyridine rings is 1. The number of thiophene rings is 1. The molecule has 3 rings (SSSR count). The number of fused-ring (bicyclic) bond motifs is 1. The van der Waals surface area contributed by atoms with Gasteiger partial charge in [0.25, 0.3) is 5.56 Å². The van der Waals surface area contributed by atoms with Gasteiger partial charge in [0, 0.05) is 11.5 Å². The molecule has 0 amide bonds. The Kier molecular flexibility index (Phi) is 3.68. The Bertz CT molecular complexity index is 897. The van der Waals surface area contributed by atoms with Crippen LogP contribution in [0.4, 0.5) is 5.69 Å². The molecule has 0 fully saturated rings. The molecule has 2 heterocycles. The molecule has 0 spiro atoms. The van der Waals surface area contributed by atoms with Gasteiger partial charge in [0.2, 0.25) is 0 Å². The second-order valence-electron chi connectivity index (χ2n) is 4.63. The zero-order chi connectivity index (χ0) is 15.7. The van der Waals surface area contributed by atoms with Gasteiger partial charge in [0.1, 0.15) is 9.71 Å². The van der Waals surface area contributed by atoms with Crippen LogP contribution in [0.25, 0.3) is 15.9 Å². The van der Waals surface area contributed by atoms with E-state index in [2.05, 4.69) is 0 Å². The van der Waals surface area contributed by atoms with E-state index >= 15 is 0 Å². The molecule has 0 unspecified atom stereocenters. The Balaban J connectivity index is 2.30. The summed E-state index contributed by atoms with van der Waals surface area (Å²) in [5, 5.41) is 0.677. The average Bonchev–Trinajstić information content (AvgIpc) is 2.85. The van der Waals surface area contributed by atoms with Crippen LogP contribution in [-0.4, -0.2) is 17.1 Å². The van der Waals surface area contributed by atoms with Gasteiger partial charge >= 0.3 is 5.97 Å². The number of benzene rings is 1. The Labute approximate surface area is 130 Å². The summed E-state index contributed by atoms with van der Waals surface area (Å²) in [6, 6.07) is 12.3. The molecule has 0 saturated heterocycles. The Morgan fingerprint density at radius 1 is 1.23 bits per heavy atom. The van der Waals surface area contributed by atoms with Gasteiger partial charge in [-0.25, -0.2) is 4.79 Å². The second-order valence-corrected chi connectivity index (χ2v) is 5.63. The van der Waals surface area contributed by atoms with Crippen molar-refractivity contribution in [3.63, 3.8) is 0 Å². The van der Waals surface area contributed by atoms with Crippen molar-refractivity contribution in [2.45, 2.75) is 6.92 Å². The Hall–Kier alpha value is -2.60. The van der Waals surface area contributed by atoms with E-state index in [1.54, 1.807) is 17.6 Å². The Morgan fingerprint density at radius 3 is 2.64 bits per heavy atom. The number of ether oxygens (including phenoxy) is 1. The maximum absolute atomic E-state index is 12.3. The summed E-state index contributed by atoms with van der Waals surface area (Å²) in [5.74, 6) is -0.465. The molecule has 0 aliphatic carbocycles. The molecule has 0 bridgehead atoms. The van der Waals surface area contributed by atoms with Crippen molar-refractivity contribution in [1.29, 1.82) is 0 Å². The predicted molar refractivity (Wildman–Crippen MR) is 87.8 cm³/mol. The lowest BCUT2D eigenvalue weighted by Gasteiger charge is -2.06. The van der Waals surface area contributed by atoms with Crippen molar-refractivity contribution in [1.82, 2.24) is 4.57 Å². The predicted octanol–water partition coefficient (Wildman–Crippen LogP) is 2.81. The third kappa shape index (κ3) is 2.27. The lowest BCUT2D eigenvalue weighted by Crippen LogP contribution is -2.16. The van der Waals surface area contributed by atoms with Gasteiger partial charge in [-0.05, 0) is 25.1 Å². The summed E-state index contributed by atoms with van der Waals surface area (Å²) in [4.78, 5) is 25.2. The zero-order valence-corrected chi connectivity index (χ0v) is 12.7. The molecule has 0 radical (unpaired) electrons. The minimum absolute atomic E-state index is 0.171. The van der Waals surface area contributed by atoms with Crippen LogP contribution in [0.3, 0.4) is 0 Å². The third-order valence-electron chi connectivity index (χ3n) is 3.26. The normalized spacial score (nSPS) is 10.8. The summed E-state index contributed by atoms with van der Waals surface area (Å²) < 4.78 is 6.57. The number of nitrogens with two attached hydrogens (primary N) is 1. The lowest BCUT2D eigenvalue weighted by atomic mass is 10.2. The van der Waals surface area contributed by atoms with E-state index in [0.717, 1.165) is 5.69 Å². The Morgan fingerprint density at radius 2 is 1.95 bits per heavy atom. The first-order valence-corrected chi connectivity index (χ1v) is 7.61. The van der Waals surface area contributed by atoms with Crippen LogP contribution in [0.15, 0.2) is 47.3 Å². The number of nitrogens with zero attached hydrogens (tertiary/aromatic N) is 1. The number of hydrogen-bond donors (Lipinski definition) is 1. The van der Waals surface area contributed by atoms with Crippen molar-refractivity contribution in [2.24, 2.45) is 0 Å². The molecule has 5 nitrogen and oxygen atoms in total. The molecular formula is C16H14N2O3S. The lowest BCUT2D eigenvalue weighted by molar-refractivity contribution is 0.0533. The molecule has 0 atom stereocenters. The smallest absolute Gasteiger partial charge is 0.350 e. The molecule has 112 valence electrons. The number of anilines is 1. The monoisotopic (exact) mass is 314 g/mol. The second kappa shape index (κ2) is 5.65. The highest BCUT2D eigenvalue weighted by Crippen LogP contribution is 2.34. The number of esters is 1. The highest BCUT2D eigenvalue weighted by atomic mass is 32.1. The summed E-state index contributed by atoms with van der Waals surface area (Å²) in [7, 11) is 0. The summed E-state index contributed by atoms with van der Waals surface area (Å²) in [6.07, 6.45) is 0. The topological polar surface area (TPSA) is 74.3 Å². The molecule has 22 heavy (non-hydrogen) atoms. The zero-order valence-electron chi connectivity index (χ0n) is 11.9. The molecular weight excluding hydrogens is 300 g/mol. The molecule has 0 aliphatic rings. The minimum Gasteiger partial charge on any atom is -0.462 e. The van der Waals surface area contributed by atoms with E-state index in [0.29, 0.717) is 20.8 Å². The van der Waals surface area contributed by atoms with E-state index in [1.807, 2.05) is 30.3 Å². The number of rotatable bonds is 3. The van der Waals surface area contributed by atoms with Crippen molar-refractivity contribution >= 4 is 33.2 Å². The van der Waals surface area contributed by atoms with Crippen LogP contribution >= 0.6 is 11.3 Å². The van der Waals surface area contributed by atoms with Crippen LogP contribution in [-0.2, 0) is 4.74 Å². The van der Waals surface area contributed by atoms with Crippen molar-refractivity contribution in [3.05, 3.63) is 57.7 Å². The molecule has 0 saturated carbocycles. The van der Waals surface area contributed by atoms with E-state index in [1.165, 1.54) is 17.4 Å². The maximum Gasteiger partial charge on any atom is 0.350 e. The first-order chi connectivity index (χ1) is 10.6. The maximum atomic E-state index is 12.3. The third-order valence-corrected chi connectivity index (χ3v) is 4.44. The van der Waals surface area contributed by atoms with Gasteiger partial charge in [0.05, 0.1) is 18.0 Å². The minimum atomic E-state index is -0.465. The number of nitrogen functional groups attached to an aromatic ring is 1. The van der Waals surface area contributed by atoms with Crippen molar-refractivity contribution in [3.8, 4) is 5.69 Å². The summed E-state index contributed by atoms with van der Waals surface area (Å²) in [6.45, 7) is 2.01. The summed E-state index contributed by atoms with van der Waals surface area (Å²) in [5.41, 5.74) is 6.97. The van der Waals surface area contributed by atoms with Crippen molar-refractivity contribution < 1.29 is 9.53 Å². The van der Waals surface area contributed by atoms with E-state index < -0.39 is 5.97 Å². The first kappa shape index (κ1) is 14.3. The fourth-order valence-electron chi connectivity index (χ4n) is 2.27. The summed E-state index contributed by atoms with van der Waals surface area (Å²) >= 11 is 1.17. The number of hydrogen-bond acceptors (Lipinski definition) is 5. The SMILES string of the molecule is CCOC(=O)c1sc2c(ccc(=O)n2-c2ccccc2)c1N. The standard InChI is InChI=1S/C16H14N2O3S/c1-2-21-16(20)14-13(17)11-8-9-12(19)18(15(11)22-14)10-6-4-3-5-7-10/h3-9H,2,17H2,1H3. The number of para-hydroxylation sites is 1. The van der Waals surface area contributed by atoms with Crippen molar-refractivity contribution in [2.75, 3.05) is 12.3 Å². The average molecular weight is 314 g/mol. The first-order valence-electron chi connectivity index (χ1n) is 6.80. The molecule has 2 N–H and O–H groups in total. The molecule has 6 heteroatoms. The van der Waals surface area contributed by atoms with E-state index in [9.17, 15) is 9.59 Å². The number of carbonyl (C=O) groups excluding carboxylic acids is 1. The van der Waals surface area contributed by atoms with E-state index in [4.69, 9.17) is 10.5 Å². The molecule has 3 aromatic rings. The van der Waals surface area contributed by atoms with E-state index in [-0.39, 0.29) is 12.2 Å². The van der Waals surface area contributed by atoms with Crippen LogP contribution in [0.2, 0.25) is 0 Å². The van der Waals surface area contributed by atoms with Crippen LogP contribution in [0, 0.1) is 0 Å². The highest BCUT2D eigenvalue weighted by Gasteiger charge is 2.20. The number of aromatic nitrogens is 1. The van der Waals surface area contributed by atoms with Gasteiger partial charge < -0.3 is 10.5 Å². The molecule has 1 aromatic carbocycles. The number of carbonyl (C=O) groups is 1. The van der Waals surface area contributed by atoms with Crippen LogP contribution in [0.5, 0.6) is 0 Å². The molecule has 0 aliphatic heterocycles. The van der Waals surface area contributed by atoms with Gasteiger partial charge in [0.15, 0.2) is 0 Å². The van der Waals surface area contributed by atoms with Gasteiger partial charge in [-0.3, -0.25) is 9.36 Å². The van der Waals surface area contributed by atoms with Gasteiger partial charge in [-0.15, -0.1) is 11.3 Å². The largest absolute Gasteiger partial charge is 0.462 e. The van der Waals surface area contributed by atoms with Crippen LogP contribution < -0.4 is 11.3 Å². The highest BCUT2D eigenvalue weighted by molar-refractivity contribution is 7.21. The fourth-order valence-corrected chi connectivity index (χ4v) is 3.40. The quantitative estimate of drug-likeness (QED) is 0.754. The van der Waals surface area contributed by atoms with Crippen LogP contribution in [0.1, 0.15) is 16.6 Å². The molecule has 2 aromatic heterocycles. The fraction of sp³-hybridized carbons (Fsp3) is 0.125. The van der Waals surface area contributed by atoms with Gasteiger partial charge in [-0.2, -0.15) is 0 Å². The van der Waals surface area contributed by atoms with Gasteiger partial charge in [-0.1, -0.05) is 18.2 Å².